The molecule has 0 fully saturated rings. The van der Waals surface area contributed by atoms with E-state index in [1.807, 2.05) is 11.8 Å². The summed E-state index contributed by atoms with van der Waals surface area (Å²) in [5.41, 5.74) is 5.49. The van der Waals surface area contributed by atoms with Gasteiger partial charge in [-0.2, -0.15) is 0 Å². The highest BCUT2D eigenvalue weighted by Gasteiger charge is 2.32. The number of aromatic nitrogens is 2. The van der Waals surface area contributed by atoms with Crippen molar-refractivity contribution in [1.29, 1.82) is 0 Å². The Kier molecular flexibility index (Phi) is 6.01. The van der Waals surface area contributed by atoms with Crippen molar-refractivity contribution in [3.63, 3.8) is 0 Å². The summed E-state index contributed by atoms with van der Waals surface area (Å²) in [6.07, 6.45) is 3.47. The van der Waals surface area contributed by atoms with E-state index in [9.17, 15) is 4.79 Å². The number of carbonyl (C=O) groups is 1. The quantitative estimate of drug-likeness (QED) is 0.712. The molecule has 28 heavy (non-hydrogen) atoms. The van der Waals surface area contributed by atoms with Crippen LogP contribution in [0.1, 0.15) is 61.2 Å². The molecule has 5 heteroatoms. The van der Waals surface area contributed by atoms with Crippen LogP contribution in [-0.4, -0.2) is 29.0 Å². The molecular weight excluding hydrogens is 348 g/mol. The highest BCUT2D eigenvalue weighted by molar-refractivity contribution is 6.04. The zero-order valence-electron chi connectivity index (χ0n) is 18.1. The first kappa shape index (κ1) is 20.3. The van der Waals surface area contributed by atoms with Crippen LogP contribution >= 0.6 is 0 Å². The lowest BCUT2D eigenvalue weighted by Gasteiger charge is -2.34. The molecule has 5 nitrogen and oxygen atoms in total. The summed E-state index contributed by atoms with van der Waals surface area (Å²) in [4.78, 5) is 26.8. The number of fused-ring (bicyclic) bond motifs is 1. The summed E-state index contributed by atoms with van der Waals surface area (Å²) in [6, 6.07) is 4.27. The van der Waals surface area contributed by atoms with Crippen LogP contribution in [0, 0.1) is 27.7 Å². The Bertz CT molecular complexity index is 867. The smallest absolute Gasteiger partial charge is 0.233 e. The highest BCUT2D eigenvalue weighted by Crippen LogP contribution is 2.40. The second-order valence-electron chi connectivity index (χ2n) is 7.81. The molecule has 2 aromatic rings. The molecule has 1 aromatic heterocycles. The first-order valence-electron chi connectivity index (χ1n) is 10.4. The number of anilines is 3. The molecule has 2 heterocycles. The van der Waals surface area contributed by atoms with Crippen molar-refractivity contribution < 1.29 is 4.79 Å². The molecule has 0 N–H and O–H groups in total. The minimum atomic E-state index is 0.114. The van der Waals surface area contributed by atoms with E-state index in [4.69, 9.17) is 9.97 Å². The zero-order valence-corrected chi connectivity index (χ0v) is 18.1. The van der Waals surface area contributed by atoms with Gasteiger partial charge in [0.25, 0.3) is 0 Å². The maximum Gasteiger partial charge on any atom is 0.233 e. The lowest BCUT2D eigenvalue weighted by atomic mass is 9.99. The van der Waals surface area contributed by atoms with Crippen molar-refractivity contribution >= 4 is 23.2 Å². The first-order valence-corrected chi connectivity index (χ1v) is 10.4. The molecule has 0 aliphatic carbocycles. The van der Waals surface area contributed by atoms with Gasteiger partial charge in [-0.15, -0.1) is 0 Å². The zero-order chi connectivity index (χ0) is 20.4. The van der Waals surface area contributed by atoms with E-state index in [0.29, 0.717) is 18.7 Å². The number of hydrogen-bond acceptors (Lipinski definition) is 4. The van der Waals surface area contributed by atoms with Crippen LogP contribution in [0.4, 0.5) is 17.3 Å². The minimum absolute atomic E-state index is 0.114. The average Bonchev–Trinajstić information content (AvgIpc) is 2.63. The molecule has 150 valence electrons. The molecular formula is C23H32N4O. The Morgan fingerprint density at radius 1 is 1.04 bits per heavy atom. The van der Waals surface area contributed by atoms with E-state index in [2.05, 4.69) is 51.7 Å². The van der Waals surface area contributed by atoms with Gasteiger partial charge >= 0.3 is 0 Å². The summed E-state index contributed by atoms with van der Waals surface area (Å²) in [6.45, 7) is 14.4. The van der Waals surface area contributed by atoms with Gasteiger partial charge in [-0.3, -0.25) is 9.69 Å². The number of nitrogens with zero attached hydrogens (tertiary/aromatic N) is 4. The molecule has 0 spiro atoms. The van der Waals surface area contributed by atoms with Gasteiger partial charge < -0.3 is 4.90 Å². The van der Waals surface area contributed by atoms with E-state index in [1.165, 1.54) is 5.56 Å². The Hall–Kier alpha value is -2.43. The van der Waals surface area contributed by atoms with Gasteiger partial charge in [0.1, 0.15) is 17.5 Å². The van der Waals surface area contributed by atoms with Gasteiger partial charge in [-0.25, -0.2) is 9.97 Å². The molecule has 0 unspecified atom stereocenters. The van der Waals surface area contributed by atoms with Crippen molar-refractivity contribution in [2.45, 2.75) is 67.2 Å². The number of aryl methyl sites for hydroxylation is 4. The van der Waals surface area contributed by atoms with Crippen molar-refractivity contribution in [3.05, 3.63) is 40.2 Å². The van der Waals surface area contributed by atoms with Crippen LogP contribution in [0.3, 0.4) is 0 Å². The monoisotopic (exact) mass is 380 g/mol. The van der Waals surface area contributed by atoms with Crippen LogP contribution in [0.5, 0.6) is 0 Å². The number of hydrogen-bond donors (Lipinski definition) is 0. The normalized spacial score (nSPS) is 13.6. The Labute approximate surface area is 168 Å². The summed E-state index contributed by atoms with van der Waals surface area (Å²) in [5, 5.41) is 0. The lowest BCUT2D eigenvalue weighted by molar-refractivity contribution is -0.118. The van der Waals surface area contributed by atoms with E-state index in [0.717, 1.165) is 59.9 Å². The van der Waals surface area contributed by atoms with Gasteiger partial charge in [-0.05, 0) is 58.6 Å². The third-order valence-electron chi connectivity index (χ3n) is 5.45. The molecule has 1 amide bonds. The number of benzene rings is 1. The van der Waals surface area contributed by atoms with Crippen molar-refractivity contribution in [3.8, 4) is 0 Å². The van der Waals surface area contributed by atoms with Gasteiger partial charge in [0.2, 0.25) is 5.91 Å². The van der Waals surface area contributed by atoms with E-state index in [1.54, 1.807) is 0 Å². The number of unbranched alkanes of at least 4 members (excludes halogenated alkanes) is 1. The second-order valence-corrected chi connectivity index (χ2v) is 7.81. The topological polar surface area (TPSA) is 49.3 Å². The molecule has 0 atom stereocenters. The molecule has 1 aliphatic rings. The standard InChI is InChI=1S/C23H32N4O/c1-7-9-12-26(8-2)22-19-10-11-20(28)27(23(19)25-18(6)24-22)21-16(4)13-15(3)14-17(21)5/h13-14H,7-12H2,1-6H3. The fraction of sp³-hybridized carbons (Fsp3) is 0.522. The SMILES string of the molecule is CCCCN(CC)c1nc(C)nc2c1CCC(=O)N2c1c(C)cc(C)cc1C. The highest BCUT2D eigenvalue weighted by atomic mass is 16.2. The molecule has 1 aliphatic heterocycles. The molecule has 3 rings (SSSR count). The van der Waals surface area contributed by atoms with Crippen molar-refractivity contribution in [2.75, 3.05) is 22.9 Å². The first-order chi connectivity index (χ1) is 13.4. The summed E-state index contributed by atoms with van der Waals surface area (Å²) < 4.78 is 0. The van der Waals surface area contributed by atoms with Gasteiger partial charge in [0.05, 0.1) is 5.69 Å². The van der Waals surface area contributed by atoms with E-state index in [-0.39, 0.29) is 5.91 Å². The van der Waals surface area contributed by atoms with Crippen LogP contribution in [0.2, 0.25) is 0 Å². The third-order valence-corrected chi connectivity index (χ3v) is 5.45. The summed E-state index contributed by atoms with van der Waals surface area (Å²) in [5.74, 6) is 2.59. The van der Waals surface area contributed by atoms with Crippen LogP contribution in [0.15, 0.2) is 12.1 Å². The summed E-state index contributed by atoms with van der Waals surface area (Å²) in [7, 11) is 0. The fourth-order valence-electron chi connectivity index (χ4n) is 4.22. The molecule has 0 bridgehead atoms. The van der Waals surface area contributed by atoms with Gasteiger partial charge in [0.15, 0.2) is 0 Å². The van der Waals surface area contributed by atoms with Crippen LogP contribution < -0.4 is 9.80 Å². The Balaban J connectivity index is 2.18. The Morgan fingerprint density at radius 3 is 2.32 bits per heavy atom. The van der Waals surface area contributed by atoms with Gasteiger partial charge in [-0.1, -0.05) is 31.0 Å². The average molecular weight is 381 g/mol. The number of carbonyl (C=O) groups excluding carboxylic acids is 1. The maximum atomic E-state index is 13.0. The molecule has 0 radical (unpaired) electrons. The van der Waals surface area contributed by atoms with E-state index >= 15 is 0 Å². The number of amides is 1. The third kappa shape index (κ3) is 3.75. The fourth-order valence-corrected chi connectivity index (χ4v) is 4.22. The van der Waals surface area contributed by atoms with Crippen molar-refractivity contribution in [1.82, 2.24) is 9.97 Å². The largest absolute Gasteiger partial charge is 0.356 e. The number of rotatable bonds is 6. The maximum absolute atomic E-state index is 13.0. The Morgan fingerprint density at radius 2 is 1.71 bits per heavy atom. The summed E-state index contributed by atoms with van der Waals surface area (Å²) >= 11 is 0. The molecule has 0 saturated heterocycles. The van der Waals surface area contributed by atoms with Crippen molar-refractivity contribution in [2.24, 2.45) is 0 Å². The predicted octanol–water partition coefficient (Wildman–Crippen LogP) is 4.95. The molecule has 0 saturated carbocycles. The second kappa shape index (κ2) is 8.29. The van der Waals surface area contributed by atoms with Crippen LogP contribution in [0.25, 0.3) is 0 Å². The minimum Gasteiger partial charge on any atom is -0.356 e. The van der Waals surface area contributed by atoms with E-state index < -0.39 is 0 Å². The lowest BCUT2D eigenvalue weighted by Crippen LogP contribution is -2.35. The van der Waals surface area contributed by atoms with Crippen LogP contribution in [-0.2, 0) is 11.2 Å². The molecule has 1 aromatic carbocycles. The predicted molar refractivity (Wildman–Crippen MR) is 116 cm³/mol. The van der Waals surface area contributed by atoms with Gasteiger partial charge in [0, 0.05) is 25.1 Å².